The number of hydrogen-bond donors (Lipinski definition) is 2. The van der Waals surface area contributed by atoms with Gasteiger partial charge in [-0.05, 0) is 38.3 Å². The van der Waals surface area contributed by atoms with E-state index in [1.165, 1.54) is 6.07 Å². The van der Waals surface area contributed by atoms with Crippen LogP contribution in [0.4, 0.5) is 5.69 Å². The Hall–Kier alpha value is -1.66. The zero-order chi connectivity index (χ0) is 14.8. The quantitative estimate of drug-likeness (QED) is 0.587. The number of nitrogens with zero attached hydrogens (tertiary/aromatic N) is 1. The first kappa shape index (κ1) is 14.7. The Labute approximate surface area is 117 Å². The molecule has 1 fully saturated rings. The fourth-order valence-corrected chi connectivity index (χ4v) is 1.82. The van der Waals surface area contributed by atoms with Gasteiger partial charge in [-0.3, -0.25) is 10.1 Å². The summed E-state index contributed by atoms with van der Waals surface area (Å²) in [6.45, 7) is 3.92. The van der Waals surface area contributed by atoms with E-state index in [-0.39, 0.29) is 18.0 Å². The molecular weight excluding hydrogens is 260 g/mol. The summed E-state index contributed by atoms with van der Waals surface area (Å²) in [6, 6.07) is 5.19. The Morgan fingerprint density at radius 1 is 1.55 bits per heavy atom. The normalized spacial score (nSPS) is 17.6. The highest BCUT2D eigenvalue weighted by Crippen LogP contribution is 2.28. The van der Waals surface area contributed by atoms with Crippen LogP contribution in [0, 0.1) is 17.0 Å². The molecule has 2 rings (SSSR count). The number of hydrogen-bond acceptors (Lipinski definition) is 5. The lowest BCUT2D eigenvalue weighted by atomic mass is 10.1. The van der Waals surface area contributed by atoms with E-state index in [1.54, 1.807) is 19.1 Å². The van der Waals surface area contributed by atoms with E-state index in [4.69, 9.17) is 4.74 Å². The molecule has 1 unspecified atom stereocenters. The summed E-state index contributed by atoms with van der Waals surface area (Å²) < 4.78 is 5.47. The van der Waals surface area contributed by atoms with Crippen LogP contribution in [0.25, 0.3) is 0 Å². The molecule has 0 heterocycles. The summed E-state index contributed by atoms with van der Waals surface area (Å²) in [5.74, 6) is 0.196. The molecule has 1 aromatic rings. The van der Waals surface area contributed by atoms with Crippen molar-refractivity contribution in [3.63, 3.8) is 0 Å². The monoisotopic (exact) mass is 280 g/mol. The molecule has 0 spiro atoms. The van der Waals surface area contributed by atoms with Crippen molar-refractivity contribution in [2.75, 3.05) is 13.2 Å². The number of nitro groups is 1. The Morgan fingerprint density at radius 3 is 2.85 bits per heavy atom. The second kappa shape index (κ2) is 5.76. The van der Waals surface area contributed by atoms with E-state index < -0.39 is 10.5 Å². The van der Waals surface area contributed by atoms with Gasteiger partial charge in [0.25, 0.3) is 0 Å². The van der Waals surface area contributed by atoms with Crippen molar-refractivity contribution in [3.8, 4) is 5.75 Å². The number of aryl methyl sites for hydroxylation is 1. The van der Waals surface area contributed by atoms with Crippen molar-refractivity contribution in [2.24, 2.45) is 0 Å². The maximum atomic E-state index is 10.9. The number of nitro benzene ring substituents is 1. The molecular formula is C14H20N2O4. The number of aliphatic hydroxyl groups is 1. The van der Waals surface area contributed by atoms with Gasteiger partial charge in [0.1, 0.15) is 12.2 Å². The summed E-state index contributed by atoms with van der Waals surface area (Å²) >= 11 is 0. The third-order valence-corrected chi connectivity index (χ3v) is 3.20. The van der Waals surface area contributed by atoms with Crippen LogP contribution in [0.15, 0.2) is 18.2 Å². The third kappa shape index (κ3) is 4.18. The van der Waals surface area contributed by atoms with Crippen LogP contribution in [-0.2, 0) is 0 Å². The Balaban J connectivity index is 1.97. The average molecular weight is 280 g/mol. The first-order chi connectivity index (χ1) is 9.37. The summed E-state index contributed by atoms with van der Waals surface area (Å²) in [7, 11) is 0. The number of ether oxygens (including phenoxy) is 1. The molecule has 1 aliphatic rings. The van der Waals surface area contributed by atoms with Crippen molar-refractivity contribution < 1.29 is 14.8 Å². The molecule has 1 saturated carbocycles. The molecule has 0 aliphatic heterocycles. The molecule has 20 heavy (non-hydrogen) atoms. The molecule has 2 N–H and O–H groups in total. The van der Waals surface area contributed by atoms with Gasteiger partial charge in [-0.15, -0.1) is 0 Å². The van der Waals surface area contributed by atoms with E-state index in [2.05, 4.69) is 5.32 Å². The Bertz CT molecular complexity index is 498. The summed E-state index contributed by atoms with van der Waals surface area (Å²) in [5.41, 5.74) is -0.261. The Morgan fingerprint density at radius 2 is 2.25 bits per heavy atom. The van der Waals surface area contributed by atoms with Crippen molar-refractivity contribution in [3.05, 3.63) is 33.9 Å². The van der Waals surface area contributed by atoms with Crippen molar-refractivity contribution in [1.29, 1.82) is 0 Å². The van der Waals surface area contributed by atoms with Gasteiger partial charge in [0.2, 0.25) is 0 Å². The predicted molar refractivity (Wildman–Crippen MR) is 75.0 cm³/mol. The molecule has 1 atom stereocenters. The van der Waals surface area contributed by atoms with Crippen molar-refractivity contribution in [2.45, 2.75) is 38.3 Å². The minimum Gasteiger partial charge on any atom is -0.484 e. The standard InChI is InChI=1S/C14H20N2O4/c1-10-3-6-12(16(18)19)13(7-10)20-9-14(2,17)8-15-11-4-5-11/h3,6-7,11,15,17H,4-5,8-9H2,1-2H3. The van der Waals surface area contributed by atoms with Gasteiger partial charge >= 0.3 is 5.69 Å². The van der Waals surface area contributed by atoms with Gasteiger partial charge in [-0.2, -0.15) is 0 Å². The molecule has 1 aromatic carbocycles. The molecule has 110 valence electrons. The third-order valence-electron chi connectivity index (χ3n) is 3.20. The van der Waals surface area contributed by atoms with Crippen LogP contribution in [0.2, 0.25) is 0 Å². The lowest BCUT2D eigenvalue weighted by Crippen LogP contribution is -2.43. The molecule has 6 heteroatoms. The van der Waals surface area contributed by atoms with Gasteiger partial charge in [0.05, 0.1) is 4.92 Å². The van der Waals surface area contributed by atoms with E-state index in [9.17, 15) is 15.2 Å². The highest BCUT2D eigenvalue weighted by molar-refractivity contribution is 5.48. The summed E-state index contributed by atoms with van der Waals surface area (Å²) in [6.07, 6.45) is 2.28. The van der Waals surface area contributed by atoms with Gasteiger partial charge in [-0.25, -0.2) is 0 Å². The van der Waals surface area contributed by atoms with Crippen LogP contribution in [0.5, 0.6) is 5.75 Å². The van der Waals surface area contributed by atoms with Crippen LogP contribution >= 0.6 is 0 Å². The van der Waals surface area contributed by atoms with Crippen LogP contribution in [-0.4, -0.2) is 34.8 Å². The molecule has 0 saturated heterocycles. The van der Waals surface area contributed by atoms with E-state index in [0.717, 1.165) is 18.4 Å². The molecule has 0 bridgehead atoms. The number of nitrogens with one attached hydrogen (secondary N) is 1. The summed E-state index contributed by atoms with van der Waals surface area (Å²) in [4.78, 5) is 10.5. The van der Waals surface area contributed by atoms with Gasteiger partial charge in [-0.1, -0.05) is 6.07 Å². The van der Waals surface area contributed by atoms with Crippen LogP contribution < -0.4 is 10.1 Å². The predicted octanol–water partition coefficient (Wildman–Crippen LogP) is 1.79. The molecule has 0 amide bonds. The zero-order valence-electron chi connectivity index (χ0n) is 11.8. The molecule has 0 radical (unpaired) electrons. The SMILES string of the molecule is Cc1ccc([N+](=O)[O-])c(OCC(C)(O)CNC2CC2)c1. The van der Waals surface area contributed by atoms with E-state index in [1.807, 2.05) is 6.92 Å². The second-order valence-electron chi connectivity index (χ2n) is 5.67. The fraction of sp³-hybridized carbons (Fsp3) is 0.571. The zero-order valence-corrected chi connectivity index (χ0v) is 11.8. The van der Waals surface area contributed by atoms with Crippen molar-refractivity contribution >= 4 is 5.69 Å². The topological polar surface area (TPSA) is 84.6 Å². The average Bonchev–Trinajstić information content (AvgIpc) is 3.18. The summed E-state index contributed by atoms with van der Waals surface area (Å²) in [5, 5.41) is 24.3. The largest absolute Gasteiger partial charge is 0.484 e. The maximum absolute atomic E-state index is 10.9. The van der Waals surface area contributed by atoms with Gasteiger partial charge < -0.3 is 15.2 Å². The lowest BCUT2D eigenvalue weighted by molar-refractivity contribution is -0.386. The number of benzene rings is 1. The highest BCUT2D eigenvalue weighted by atomic mass is 16.6. The number of rotatable bonds is 7. The van der Waals surface area contributed by atoms with Crippen LogP contribution in [0.1, 0.15) is 25.3 Å². The maximum Gasteiger partial charge on any atom is 0.310 e. The molecule has 1 aliphatic carbocycles. The van der Waals surface area contributed by atoms with Crippen LogP contribution in [0.3, 0.4) is 0 Å². The first-order valence-corrected chi connectivity index (χ1v) is 6.71. The fourth-order valence-electron chi connectivity index (χ4n) is 1.82. The second-order valence-corrected chi connectivity index (χ2v) is 5.67. The minimum atomic E-state index is -1.06. The van der Waals surface area contributed by atoms with Crippen molar-refractivity contribution in [1.82, 2.24) is 5.32 Å². The van der Waals surface area contributed by atoms with E-state index >= 15 is 0 Å². The first-order valence-electron chi connectivity index (χ1n) is 6.71. The lowest BCUT2D eigenvalue weighted by Gasteiger charge is -2.24. The molecule has 0 aromatic heterocycles. The van der Waals surface area contributed by atoms with E-state index in [0.29, 0.717) is 12.6 Å². The van der Waals surface area contributed by atoms with Gasteiger partial charge in [0, 0.05) is 18.7 Å². The smallest absolute Gasteiger partial charge is 0.310 e. The molecule has 6 nitrogen and oxygen atoms in total. The Kier molecular flexibility index (Phi) is 4.25. The minimum absolute atomic E-state index is 0.0109. The van der Waals surface area contributed by atoms with Gasteiger partial charge in [0.15, 0.2) is 5.75 Å². The highest BCUT2D eigenvalue weighted by Gasteiger charge is 2.28.